The number of anilines is 1. The fraction of sp³-hybridized carbons (Fsp3) is 0.154. The lowest BCUT2D eigenvalue weighted by Gasteiger charge is -2.03. The fourth-order valence-electron chi connectivity index (χ4n) is 1.96. The van der Waals surface area contributed by atoms with Gasteiger partial charge < -0.3 is 9.51 Å². The molecule has 0 saturated heterocycles. The number of hydrogen-bond acceptors (Lipinski definition) is 3. The van der Waals surface area contributed by atoms with Crippen LogP contribution in [0.15, 0.2) is 40.1 Å². The first-order valence-corrected chi connectivity index (χ1v) is 7.60. The molecule has 2 N–H and O–H groups in total. The molecule has 7 heteroatoms. The van der Waals surface area contributed by atoms with Gasteiger partial charge >= 0.3 is 0 Å². The van der Waals surface area contributed by atoms with Gasteiger partial charge in [-0.3, -0.25) is 4.72 Å². The van der Waals surface area contributed by atoms with E-state index in [1.807, 2.05) is 13.0 Å². The first-order chi connectivity index (χ1) is 9.69. The number of hydrogen-bond donors (Lipinski definition) is 2. The molecule has 5 nitrogen and oxygen atoms in total. The Kier molecular flexibility index (Phi) is 3.50. The van der Waals surface area contributed by atoms with Gasteiger partial charge in [0.2, 0.25) is 0 Å². The van der Waals surface area contributed by atoms with Gasteiger partial charge in [-0.25, -0.2) is 4.21 Å². The van der Waals surface area contributed by atoms with E-state index in [1.165, 1.54) is 0 Å². The van der Waals surface area contributed by atoms with Gasteiger partial charge in [-0.1, -0.05) is 29.7 Å². The number of nitrogens with zero attached hydrogens (tertiary/aromatic N) is 1. The van der Waals surface area contributed by atoms with Crippen LogP contribution in [0.4, 0.5) is 5.82 Å². The number of benzene rings is 1. The molecule has 0 aliphatic rings. The number of halogens is 1. The molecule has 20 heavy (non-hydrogen) atoms. The van der Waals surface area contributed by atoms with E-state index in [-0.39, 0.29) is 0 Å². The summed E-state index contributed by atoms with van der Waals surface area (Å²) in [6.45, 7) is 1.98. The highest BCUT2D eigenvalue weighted by Gasteiger charge is 2.14. The van der Waals surface area contributed by atoms with Crippen LogP contribution >= 0.6 is 11.6 Å². The minimum atomic E-state index is -1.42. The maximum atomic E-state index is 12.4. The molecule has 0 saturated carbocycles. The van der Waals surface area contributed by atoms with Gasteiger partial charge in [-0.15, -0.1) is 0 Å². The summed E-state index contributed by atoms with van der Waals surface area (Å²) in [5.74, 6) is 0.508. The minimum absolute atomic E-state index is 0.508. The van der Waals surface area contributed by atoms with Crippen LogP contribution in [0.2, 0.25) is 5.02 Å². The molecule has 0 radical (unpaired) electrons. The average molecular weight is 310 g/mol. The van der Waals surface area contributed by atoms with Crippen molar-refractivity contribution in [1.82, 2.24) is 10.1 Å². The van der Waals surface area contributed by atoms with Crippen LogP contribution in [0.5, 0.6) is 0 Å². The summed E-state index contributed by atoms with van der Waals surface area (Å²) in [6.07, 6.45) is 4.01. The molecular weight excluding hydrogens is 298 g/mol. The van der Waals surface area contributed by atoms with E-state index in [0.29, 0.717) is 15.7 Å². The maximum Gasteiger partial charge on any atom is 0.184 e. The Balaban J connectivity index is 1.93. The quantitative estimate of drug-likeness (QED) is 0.774. The Morgan fingerprint density at radius 3 is 3.15 bits per heavy atom. The summed E-state index contributed by atoms with van der Waals surface area (Å²) < 4.78 is 20.2. The zero-order chi connectivity index (χ0) is 14.1. The predicted molar refractivity (Wildman–Crippen MR) is 79.2 cm³/mol. The number of H-pyrrole nitrogens is 1. The Labute approximate surface area is 122 Å². The Bertz CT molecular complexity index is 781. The van der Waals surface area contributed by atoms with Gasteiger partial charge in [-0.05, 0) is 18.6 Å². The van der Waals surface area contributed by atoms with E-state index in [2.05, 4.69) is 14.9 Å². The topological polar surface area (TPSA) is 70.9 Å². The van der Waals surface area contributed by atoms with Crippen molar-refractivity contribution in [3.05, 3.63) is 41.2 Å². The summed E-state index contributed by atoms with van der Waals surface area (Å²) in [7, 11) is -1.42. The Hall–Kier alpha value is -1.79. The van der Waals surface area contributed by atoms with Gasteiger partial charge in [0.25, 0.3) is 0 Å². The third-order valence-electron chi connectivity index (χ3n) is 3.02. The summed E-state index contributed by atoms with van der Waals surface area (Å²) in [5, 5.41) is 5.32. The van der Waals surface area contributed by atoms with E-state index in [0.717, 1.165) is 22.9 Å². The van der Waals surface area contributed by atoms with Crippen molar-refractivity contribution >= 4 is 39.3 Å². The maximum absolute atomic E-state index is 12.4. The largest absolute Gasteiger partial charge is 0.362 e. The SMILES string of the molecule is CCc1conc1NS(=O)c1c[nH]c2cc(Cl)ccc12. The Morgan fingerprint density at radius 2 is 2.35 bits per heavy atom. The van der Waals surface area contributed by atoms with E-state index in [4.69, 9.17) is 16.1 Å². The van der Waals surface area contributed by atoms with Crippen LogP contribution in [0.1, 0.15) is 12.5 Å². The van der Waals surface area contributed by atoms with Gasteiger partial charge in [0, 0.05) is 27.7 Å². The molecule has 0 aliphatic heterocycles. The second kappa shape index (κ2) is 5.30. The summed E-state index contributed by atoms with van der Waals surface area (Å²) >= 11 is 5.93. The van der Waals surface area contributed by atoms with Crippen molar-refractivity contribution in [2.24, 2.45) is 0 Å². The van der Waals surface area contributed by atoms with Crippen LogP contribution in [-0.2, 0) is 17.4 Å². The fourth-order valence-corrected chi connectivity index (χ4v) is 3.13. The highest BCUT2D eigenvalue weighted by atomic mass is 35.5. The lowest BCUT2D eigenvalue weighted by molar-refractivity contribution is 0.422. The number of aromatic amines is 1. The summed E-state index contributed by atoms with van der Waals surface area (Å²) in [6, 6.07) is 5.41. The van der Waals surface area contributed by atoms with E-state index in [1.54, 1.807) is 24.6 Å². The van der Waals surface area contributed by atoms with Crippen LogP contribution in [0.3, 0.4) is 0 Å². The van der Waals surface area contributed by atoms with Gasteiger partial charge in [0.05, 0.1) is 4.90 Å². The predicted octanol–water partition coefficient (Wildman–Crippen LogP) is 3.51. The van der Waals surface area contributed by atoms with Crippen molar-refractivity contribution in [3.63, 3.8) is 0 Å². The molecule has 104 valence electrons. The van der Waals surface area contributed by atoms with Crippen LogP contribution in [0.25, 0.3) is 10.9 Å². The number of nitrogens with one attached hydrogen (secondary N) is 2. The summed E-state index contributed by atoms with van der Waals surface area (Å²) in [4.78, 5) is 3.71. The normalized spacial score (nSPS) is 12.7. The molecule has 0 bridgehead atoms. The lowest BCUT2D eigenvalue weighted by atomic mass is 10.2. The standard InChI is InChI=1S/C13H12ClN3O2S/c1-2-8-7-19-16-13(8)17-20(18)12-6-15-11-5-9(14)3-4-10(11)12/h3-7,15H,2H2,1H3,(H,16,17). The molecule has 0 amide bonds. The van der Waals surface area contributed by atoms with E-state index >= 15 is 0 Å². The molecule has 2 aromatic heterocycles. The summed E-state index contributed by atoms with van der Waals surface area (Å²) in [5.41, 5.74) is 1.74. The van der Waals surface area contributed by atoms with Gasteiger partial charge in [-0.2, -0.15) is 0 Å². The van der Waals surface area contributed by atoms with E-state index < -0.39 is 11.0 Å². The number of rotatable bonds is 4. The zero-order valence-corrected chi connectivity index (χ0v) is 12.2. The molecule has 0 fully saturated rings. The van der Waals surface area contributed by atoms with Gasteiger partial charge in [0.15, 0.2) is 16.8 Å². The third kappa shape index (κ3) is 2.32. The first kappa shape index (κ1) is 13.2. The second-order valence-corrected chi connectivity index (χ2v) is 5.87. The molecule has 3 aromatic rings. The molecule has 1 aromatic carbocycles. The molecule has 2 heterocycles. The number of aryl methyl sites for hydroxylation is 1. The van der Waals surface area contributed by atoms with E-state index in [9.17, 15) is 4.21 Å². The smallest absolute Gasteiger partial charge is 0.184 e. The Morgan fingerprint density at radius 1 is 1.50 bits per heavy atom. The van der Waals surface area contributed by atoms with Crippen molar-refractivity contribution in [1.29, 1.82) is 0 Å². The molecule has 0 aliphatic carbocycles. The average Bonchev–Trinajstić information content (AvgIpc) is 3.04. The molecule has 3 rings (SSSR count). The highest BCUT2D eigenvalue weighted by Crippen LogP contribution is 2.25. The monoisotopic (exact) mass is 309 g/mol. The van der Waals surface area contributed by atoms with Crippen LogP contribution in [-0.4, -0.2) is 14.3 Å². The molecular formula is C13H12ClN3O2S. The van der Waals surface area contributed by atoms with Crippen molar-refractivity contribution < 1.29 is 8.73 Å². The lowest BCUT2D eigenvalue weighted by Crippen LogP contribution is -2.06. The molecule has 1 atom stereocenters. The van der Waals surface area contributed by atoms with Crippen LogP contribution < -0.4 is 4.72 Å². The van der Waals surface area contributed by atoms with Crippen molar-refractivity contribution in [2.45, 2.75) is 18.2 Å². The molecule has 0 spiro atoms. The van der Waals surface area contributed by atoms with Crippen LogP contribution in [0, 0.1) is 0 Å². The number of fused-ring (bicyclic) bond motifs is 1. The third-order valence-corrected chi connectivity index (χ3v) is 4.37. The highest BCUT2D eigenvalue weighted by molar-refractivity contribution is 7.86. The second-order valence-electron chi connectivity index (χ2n) is 4.26. The zero-order valence-electron chi connectivity index (χ0n) is 10.6. The minimum Gasteiger partial charge on any atom is -0.362 e. The van der Waals surface area contributed by atoms with Crippen molar-refractivity contribution in [3.8, 4) is 0 Å². The first-order valence-electron chi connectivity index (χ1n) is 6.07. The van der Waals surface area contributed by atoms with Gasteiger partial charge in [0.1, 0.15) is 6.26 Å². The molecule has 1 unspecified atom stereocenters. The number of aromatic nitrogens is 2. The van der Waals surface area contributed by atoms with Crippen molar-refractivity contribution in [2.75, 3.05) is 4.72 Å².